The van der Waals surface area contributed by atoms with Gasteiger partial charge in [0.25, 0.3) is 0 Å². The Bertz CT molecular complexity index is 835. The second-order valence-corrected chi connectivity index (χ2v) is 5.05. The Balaban J connectivity index is 2.11. The summed E-state index contributed by atoms with van der Waals surface area (Å²) in [5.74, 6) is -0.935. The summed E-state index contributed by atoms with van der Waals surface area (Å²) in [6, 6.07) is 10.7. The Morgan fingerprint density at radius 2 is 1.95 bits per heavy atom. The molecular weight excluding hydrogens is 265 g/mol. The maximum Gasteiger partial charge on any atom is 0.305 e. The lowest BCUT2D eigenvalue weighted by Crippen LogP contribution is -2.03. The number of aromatic nitrogens is 1. The van der Waals surface area contributed by atoms with E-state index in [1.807, 2.05) is 0 Å². The van der Waals surface area contributed by atoms with E-state index in [0.717, 1.165) is 11.3 Å². The molecule has 0 saturated carbocycles. The molecule has 0 saturated heterocycles. The van der Waals surface area contributed by atoms with Gasteiger partial charge in [-0.25, -0.2) is 4.39 Å². The molecule has 2 aromatic carbocycles. The fraction of sp³-hybridized carbons (Fsp3) is 0. The highest BCUT2D eigenvalue weighted by Crippen LogP contribution is 2.19. The van der Waals surface area contributed by atoms with Gasteiger partial charge < -0.3 is 4.98 Å². The second kappa shape index (κ2) is 4.44. The molecule has 3 nitrogen and oxygen atoms in total. The van der Waals surface area contributed by atoms with Crippen molar-refractivity contribution in [2.24, 2.45) is 0 Å². The standard InChI is InChI=1S/C14H8FNO2S/c15-10-4-2-1-3-9(10)13(17)8-5-6-11-12(7-8)19-14(18)16-11/h1-7H,(H,16,18). The van der Waals surface area contributed by atoms with Gasteiger partial charge in [-0.3, -0.25) is 9.59 Å². The van der Waals surface area contributed by atoms with E-state index in [2.05, 4.69) is 4.98 Å². The summed E-state index contributed by atoms with van der Waals surface area (Å²) in [5, 5.41) is 0. The topological polar surface area (TPSA) is 49.9 Å². The molecule has 0 unspecified atom stereocenters. The molecule has 1 heterocycles. The Morgan fingerprint density at radius 1 is 1.16 bits per heavy atom. The van der Waals surface area contributed by atoms with E-state index in [1.54, 1.807) is 24.3 Å². The molecule has 0 aliphatic heterocycles. The van der Waals surface area contributed by atoms with E-state index in [0.29, 0.717) is 15.8 Å². The monoisotopic (exact) mass is 273 g/mol. The van der Waals surface area contributed by atoms with Crippen molar-refractivity contribution < 1.29 is 9.18 Å². The zero-order valence-corrected chi connectivity index (χ0v) is 10.5. The van der Waals surface area contributed by atoms with Crippen molar-refractivity contribution >= 4 is 27.3 Å². The van der Waals surface area contributed by atoms with Crippen molar-refractivity contribution in [2.75, 3.05) is 0 Å². The fourth-order valence-corrected chi connectivity index (χ4v) is 2.66. The average Bonchev–Trinajstić information content (AvgIpc) is 2.77. The van der Waals surface area contributed by atoms with Gasteiger partial charge >= 0.3 is 4.87 Å². The molecule has 0 atom stereocenters. The summed E-state index contributed by atoms with van der Waals surface area (Å²) in [7, 11) is 0. The number of nitrogens with one attached hydrogen (secondary N) is 1. The van der Waals surface area contributed by atoms with Crippen molar-refractivity contribution in [3.8, 4) is 0 Å². The van der Waals surface area contributed by atoms with Crippen molar-refractivity contribution in [3.05, 3.63) is 69.1 Å². The molecular formula is C14H8FNO2S. The van der Waals surface area contributed by atoms with Gasteiger partial charge in [-0.2, -0.15) is 0 Å². The quantitative estimate of drug-likeness (QED) is 0.730. The lowest BCUT2D eigenvalue weighted by atomic mass is 10.0. The highest BCUT2D eigenvalue weighted by atomic mass is 32.1. The third-order valence-corrected chi connectivity index (χ3v) is 3.65. The van der Waals surface area contributed by atoms with Crippen molar-refractivity contribution in [3.63, 3.8) is 0 Å². The number of thiazole rings is 1. The zero-order valence-electron chi connectivity index (χ0n) is 9.64. The number of hydrogen-bond acceptors (Lipinski definition) is 3. The minimum atomic E-state index is -0.546. The number of ketones is 1. The van der Waals surface area contributed by atoms with Crippen LogP contribution in [0.2, 0.25) is 0 Å². The lowest BCUT2D eigenvalue weighted by molar-refractivity contribution is 0.103. The van der Waals surface area contributed by atoms with Gasteiger partial charge in [-0.1, -0.05) is 23.5 Å². The van der Waals surface area contributed by atoms with Gasteiger partial charge in [0.05, 0.1) is 15.8 Å². The molecule has 19 heavy (non-hydrogen) atoms. The average molecular weight is 273 g/mol. The number of aromatic amines is 1. The third-order valence-electron chi connectivity index (χ3n) is 2.80. The van der Waals surface area contributed by atoms with Gasteiger partial charge in [0.15, 0.2) is 5.78 Å². The second-order valence-electron chi connectivity index (χ2n) is 4.03. The lowest BCUT2D eigenvalue weighted by Gasteiger charge is -2.02. The molecule has 1 aromatic heterocycles. The number of hydrogen-bond donors (Lipinski definition) is 1. The van der Waals surface area contributed by atoms with Crippen molar-refractivity contribution in [1.29, 1.82) is 0 Å². The van der Waals surface area contributed by atoms with E-state index >= 15 is 0 Å². The van der Waals surface area contributed by atoms with Crippen LogP contribution in [0.1, 0.15) is 15.9 Å². The number of halogens is 1. The molecule has 0 aliphatic rings. The molecule has 3 rings (SSSR count). The normalized spacial score (nSPS) is 10.8. The molecule has 0 radical (unpaired) electrons. The number of fused-ring (bicyclic) bond motifs is 1. The zero-order chi connectivity index (χ0) is 13.4. The van der Waals surface area contributed by atoms with Crippen molar-refractivity contribution in [1.82, 2.24) is 4.98 Å². The van der Waals surface area contributed by atoms with Crippen LogP contribution in [0, 0.1) is 5.82 Å². The van der Waals surface area contributed by atoms with Gasteiger partial charge in [-0.05, 0) is 30.3 Å². The summed E-state index contributed by atoms with van der Waals surface area (Å²) in [5.41, 5.74) is 1.08. The first-order valence-corrected chi connectivity index (χ1v) is 6.39. The maximum absolute atomic E-state index is 13.6. The highest BCUT2D eigenvalue weighted by Gasteiger charge is 2.14. The highest BCUT2D eigenvalue weighted by molar-refractivity contribution is 7.16. The van der Waals surface area contributed by atoms with Crippen LogP contribution in [0.5, 0.6) is 0 Å². The first kappa shape index (κ1) is 11.8. The maximum atomic E-state index is 13.6. The summed E-state index contributed by atoms with van der Waals surface area (Å²) in [6.07, 6.45) is 0. The Kier molecular flexibility index (Phi) is 2.76. The first-order chi connectivity index (χ1) is 9.15. The van der Waals surface area contributed by atoms with E-state index in [-0.39, 0.29) is 16.2 Å². The summed E-state index contributed by atoms with van der Waals surface area (Å²) in [4.78, 5) is 25.9. The van der Waals surface area contributed by atoms with Crippen molar-refractivity contribution in [2.45, 2.75) is 0 Å². The number of benzene rings is 2. The predicted molar refractivity (Wildman–Crippen MR) is 72.3 cm³/mol. The van der Waals surface area contributed by atoms with Gasteiger partial charge in [0, 0.05) is 5.56 Å². The first-order valence-electron chi connectivity index (χ1n) is 5.57. The SMILES string of the molecule is O=C(c1ccc2[nH]c(=O)sc2c1)c1ccccc1F. The van der Waals surface area contributed by atoms with Gasteiger partial charge in [0.2, 0.25) is 0 Å². The molecule has 0 bridgehead atoms. The molecule has 5 heteroatoms. The van der Waals surface area contributed by atoms with Crippen LogP contribution in [0.3, 0.4) is 0 Å². The fourth-order valence-electron chi connectivity index (χ4n) is 1.89. The number of H-pyrrole nitrogens is 1. The Hall–Kier alpha value is -2.27. The molecule has 94 valence electrons. The van der Waals surface area contributed by atoms with E-state index in [9.17, 15) is 14.0 Å². The molecule has 1 N–H and O–H groups in total. The van der Waals surface area contributed by atoms with E-state index < -0.39 is 5.82 Å². The minimum Gasteiger partial charge on any atom is -0.312 e. The third kappa shape index (κ3) is 2.08. The molecule has 0 amide bonds. The summed E-state index contributed by atoms with van der Waals surface area (Å²) >= 11 is 1.03. The molecule has 0 aliphatic carbocycles. The molecule has 0 spiro atoms. The number of carbonyl (C=O) groups excluding carboxylic acids is 1. The van der Waals surface area contributed by atoms with Gasteiger partial charge in [0.1, 0.15) is 5.82 Å². The van der Waals surface area contributed by atoms with Crippen LogP contribution < -0.4 is 4.87 Å². The van der Waals surface area contributed by atoms with Crippen LogP contribution in [0.4, 0.5) is 4.39 Å². The van der Waals surface area contributed by atoms with Crippen LogP contribution in [0.25, 0.3) is 10.2 Å². The number of carbonyl (C=O) groups is 1. The van der Waals surface area contributed by atoms with Gasteiger partial charge in [-0.15, -0.1) is 0 Å². The van der Waals surface area contributed by atoms with Crippen LogP contribution in [-0.4, -0.2) is 10.8 Å². The minimum absolute atomic E-state index is 0.0322. The summed E-state index contributed by atoms with van der Waals surface area (Å²) < 4.78 is 14.3. The number of rotatable bonds is 2. The molecule has 3 aromatic rings. The summed E-state index contributed by atoms with van der Waals surface area (Å²) in [6.45, 7) is 0. The van der Waals surface area contributed by atoms with E-state index in [4.69, 9.17) is 0 Å². The van der Waals surface area contributed by atoms with Crippen LogP contribution >= 0.6 is 11.3 Å². The van der Waals surface area contributed by atoms with E-state index in [1.165, 1.54) is 18.2 Å². The smallest absolute Gasteiger partial charge is 0.305 e. The Labute approximate surface area is 111 Å². The Morgan fingerprint density at radius 3 is 2.74 bits per heavy atom. The predicted octanol–water partition coefficient (Wildman–Crippen LogP) is 2.96. The molecule has 0 fully saturated rings. The van der Waals surface area contributed by atoms with Crippen LogP contribution in [-0.2, 0) is 0 Å². The largest absolute Gasteiger partial charge is 0.312 e. The van der Waals surface area contributed by atoms with Crippen LogP contribution in [0.15, 0.2) is 47.3 Å².